The monoisotopic (exact) mass is 369 g/mol. The number of likely N-dealkylation sites (tertiary alicyclic amines) is 1. The number of ether oxygens (including phenoxy) is 1. The van der Waals surface area contributed by atoms with Crippen molar-refractivity contribution in [3.05, 3.63) is 47.3 Å². The number of nitrogens with one attached hydrogen (secondary N) is 1. The number of aromatic nitrogens is 2. The van der Waals surface area contributed by atoms with Gasteiger partial charge in [-0.25, -0.2) is 0 Å². The van der Waals surface area contributed by atoms with Gasteiger partial charge in [-0.15, -0.1) is 0 Å². The average Bonchev–Trinajstić information content (AvgIpc) is 2.93. The normalized spacial score (nSPS) is 15.9. The number of hydrogen-bond acceptors (Lipinski definition) is 3. The van der Waals surface area contributed by atoms with E-state index < -0.39 is 0 Å². The number of hydrogen-bond donors (Lipinski definition) is 1. The van der Waals surface area contributed by atoms with Crippen molar-refractivity contribution in [2.45, 2.75) is 39.2 Å². The van der Waals surface area contributed by atoms with Gasteiger partial charge in [-0.2, -0.15) is 5.10 Å². The molecule has 3 rings (SSSR count). The maximum absolute atomic E-state index is 6.09. The summed E-state index contributed by atoms with van der Waals surface area (Å²) in [7, 11) is 3.86. The molecular formula is C21H31N5O. The first-order valence-corrected chi connectivity index (χ1v) is 9.75. The third-order valence-electron chi connectivity index (χ3n) is 5.32. The van der Waals surface area contributed by atoms with Crippen molar-refractivity contribution in [2.24, 2.45) is 12.0 Å². The van der Waals surface area contributed by atoms with Crippen LogP contribution in [-0.4, -0.2) is 53.4 Å². The Morgan fingerprint density at radius 1 is 1.22 bits per heavy atom. The lowest BCUT2D eigenvalue weighted by molar-refractivity contribution is 0.129. The molecule has 27 heavy (non-hydrogen) atoms. The molecule has 1 saturated heterocycles. The van der Waals surface area contributed by atoms with Gasteiger partial charge >= 0.3 is 0 Å². The molecule has 0 saturated carbocycles. The van der Waals surface area contributed by atoms with E-state index in [0.717, 1.165) is 56.3 Å². The molecule has 1 aliphatic rings. The second-order valence-electron chi connectivity index (χ2n) is 7.11. The van der Waals surface area contributed by atoms with Crippen LogP contribution in [0.4, 0.5) is 0 Å². The van der Waals surface area contributed by atoms with Crippen molar-refractivity contribution in [3.8, 4) is 5.75 Å². The lowest BCUT2D eigenvalue weighted by Crippen LogP contribution is -2.47. The van der Waals surface area contributed by atoms with E-state index in [2.05, 4.69) is 34.2 Å². The van der Waals surface area contributed by atoms with Crippen molar-refractivity contribution in [2.75, 3.05) is 26.7 Å². The molecule has 2 heterocycles. The van der Waals surface area contributed by atoms with Crippen molar-refractivity contribution < 1.29 is 4.74 Å². The molecule has 2 aromatic rings. The number of piperidine rings is 1. The van der Waals surface area contributed by atoms with E-state index in [1.165, 1.54) is 11.3 Å². The molecule has 0 bridgehead atoms. The summed E-state index contributed by atoms with van der Waals surface area (Å²) in [5.41, 5.74) is 3.68. The van der Waals surface area contributed by atoms with Gasteiger partial charge in [0.2, 0.25) is 0 Å². The zero-order valence-corrected chi connectivity index (χ0v) is 16.9. The number of guanidine groups is 1. The van der Waals surface area contributed by atoms with E-state index in [0.29, 0.717) is 0 Å². The molecule has 146 valence electrons. The molecule has 1 aromatic carbocycles. The number of aryl methyl sites for hydroxylation is 2. The molecule has 1 aromatic heterocycles. The minimum atomic E-state index is 0.280. The van der Waals surface area contributed by atoms with Crippen LogP contribution < -0.4 is 10.1 Å². The van der Waals surface area contributed by atoms with E-state index in [4.69, 9.17) is 4.74 Å². The largest absolute Gasteiger partial charge is 0.490 e. The van der Waals surface area contributed by atoms with Crippen molar-refractivity contribution in [1.29, 1.82) is 0 Å². The molecule has 1 fully saturated rings. The second kappa shape index (κ2) is 8.93. The van der Waals surface area contributed by atoms with E-state index in [1.54, 1.807) is 0 Å². The van der Waals surface area contributed by atoms with Crippen LogP contribution in [0.15, 0.2) is 35.3 Å². The molecule has 0 atom stereocenters. The van der Waals surface area contributed by atoms with Crippen LogP contribution in [0.5, 0.6) is 5.75 Å². The number of nitrogens with zero attached hydrogens (tertiary/aromatic N) is 4. The van der Waals surface area contributed by atoms with Crippen LogP contribution in [0.1, 0.15) is 29.8 Å². The quantitative estimate of drug-likeness (QED) is 0.650. The van der Waals surface area contributed by atoms with Crippen LogP contribution in [0.2, 0.25) is 0 Å². The first-order valence-electron chi connectivity index (χ1n) is 9.75. The van der Waals surface area contributed by atoms with Gasteiger partial charge in [0.1, 0.15) is 11.9 Å². The Bertz CT molecular complexity index is 760. The topological polar surface area (TPSA) is 54.7 Å². The number of rotatable bonds is 5. The second-order valence-corrected chi connectivity index (χ2v) is 7.11. The van der Waals surface area contributed by atoms with Gasteiger partial charge in [0.15, 0.2) is 5.96 Å². The van der Waals surface area contributed by atoms with Gasteiger partial charge in [0.25, 0.3) is 0 Å². The van der Waals surface area contributed by atoms with Crippen LogP contribution in [0, 0.1) is 13.8 Å². The third-order valence-corrected chi connectivity index (χ3v) is 5.32. The highest BCUT2D eigenvalue weighted by Crippen LogP contribution is 2.18. The van der Waals surface area contributed by atoms with E-state index in [9.17, 15) is 0 Å². The summed E-state index contributed by atoms with van der Waals surface area (Å²) in [4.78, 5) is 6.80. The SMILES string of the molecule is CN=C(NCCc1c(C)nn(C)c1C)N1CCC(Oc2ccccc2)CC1. The van der Waals surface area contributed by atoms with Crippen LogP contribution in [-0.2, 0) is 13.5 Å². The van der Waals surface area contributed by atoms with Gasteiger partial charge in [-0.05, 0) is 38.0 Å². The molecule has 6 nitrogen and oxygen atoms in total. The third kappa shape index (κ3) is 4.81. The number of aliphatic imine (C=N–C) groups is 1. The Balaban J connectivity index is 1.46. The van der Waals surface area contributed by atoms with E-state index in [-0.39, 0.29) is 6.10 Å². The Kier molecular flexibility index (Phi) is 6.37. The summed E-state index contributed by atoms with van der Waals surface area (Å²) in [6.07, 6.45) is 3.26. The first kappa shape index (κ1) is 19.3. The Morgan fingerprint density at radius 2 is 1.93 bits per heavy atom. The van der Waals surface area contributed by atoms with Gasteiger partial charge in [-0.1, -0.05) is 18.2 Å². The Labute approximate surface area is 162 Å². The lowest BCUT2D eigenvalue weighted by atomic mass is 10.1. The molecule has 6 heteroatoms. The minimum absolute atomic E-state index is 0.280. The predicted molar refractivity (Wildman–Crippen MR) is 109 cm³/mol. The Hall–Kier alpha value is -2.50. The van der Waals surface area contributed by atoms with E-state index >= 15 is 0 Å². The minimum Gasteiger partial charge on any atom is -0.490 e. The highest BCUT2D eigenvalue weighted by atomic mass is 16.5. The van der Waals surface area contributed by atoms with Crippen molar-refractivity contribution in [3.63, 3.8) is 0 Å². The summed E-state index contributed by atoms with van der Waals surface area (Å²) in [5.74, 6) is 1.94. The van der Waals surface area contributed by atoms with Crippen molar-refractivity contribution >= 4 is 5.96 Å². The van der Waals surface area contributed by atoms with Gasteiger partial charge in [-0.3, -0.25) is 9.67 Å². The van der Waals surface area contributed by atoms with Crippen LogP contribution >= 0.6 is 0 Å². The first-order chi connectivity index (χ1) is 13.1. The standard InChI is InChI=1S/C21H31N5O/c1-16-20(17(2)25(4)24-16)10-13-23-21(22-3)26-14-11-19(12-15-26)27-18-8-6-5-7-9-18/h5-9,19H,10-15H2,1-4H3,(H,22,23). The molecule has 0 aliphatic carbocycles. The van der Waals surface area contributed by atoms with Crippen LogP contribution in [0.25, 0.3) is 0 Å². The molecule has 0 amide bonds. The number of benzene rings is 1. The maximum Gasteiger partial charge on any atom is 0.193 e. The zero-order valence-electron chi connectivity index (χ0n) is 16.9. The van der Waals surface area contributed by atoms with Gasteiger partial charge in [0, 0.05) is 52.3 Å². The summed E-state index contributed by atoms with van der Waals surface area (Å²) in [5, 5.41) is 8.01. The summed E-state index contributed by atoms with van der Waals surface area (Å²) >= 11 is 0. The fourth-order valence-corrected chi connectivity index (χ4v) is 3.69. The lowest BCUT2D eigenvalue weighted by Gasteiger charge is -2.34. The number of para-hydroxylation sites is 1. The Morgan fingerprint density at radius 3 is 2.52 bits per heavy atom. The predicted octanol–water partition coefficient (Wildman–Crippen LogP) is 2.70. The summed E-state index contributed by atoms with van der Waals surface area (Å²) in [6.45, 7) is 6.99. The smallest absolute Gasteiger partial charge is 0.193 e. The average molecular weight is 370 g/mol. The zero-order chi connectivity index (χ0) is 19.2. The fourth-order valence-electron chi connectivity index (χ4n) is 3.69. The molecule has 0 spiro atoms. The van der Waals surface area contributed by atoms with Crippen molar-refractivity contribution in [1.82, 2.24) is 20.0 Å². The van der Waals surface area contributed by atoms with Gasteiger partial charge in [0.05, 0.1) is 5.69 Å². The summed E-state index contributed by atoms with van der Waals surface area (Å²) < 4.78 is 8.04. The highest BCUT2D eigenvalue weighted by molar-refractivity contribution is 5.80. The molecular weight excluding hydrogens is 338 g/mol. The maximum atomic E-state index is 6.09. The highest BCUT2D eigenvalue weighted by Gasteiger charge is 2.22. The molecule has 0 radical (unpaired) electrons. The van der Waals surface area contributed by atoms with E-state index in [1.807, 2.05) is 49.1 Å². The fraction of sp³-hybridized carbons (Fsp3) is 0.524. The molecule has 1 aliphatic heterocycles. The molecule has 0 unspecified atom stereocenters. The van der Waals surface area contributed by atoms with Crippen LogP contribution in [0.3, 0.4) is 0 Å². The summed E-state index contributed by atoms with van der Waals surface area (Å²) in [6, 6.07) is 10.1. The molecule has 1 N–H and O–H groups in total. The van der Waals surface area contributed by atoms with Gasteiger partial charge < -0.3 is 15.0 Å².